The predicted molar refractivity (Wildman–Crippen MR) is 69.9 cm³/mol. The summed E-state index contributed by atoms with van der Waals surface area (Å²) in [5.41, 5.74) is 0. The molecule has 0 aromatic carbocycles. The molecule has 1 atom stereocenters. The van der Waals surface area contributed by atoms with Crippen LogP contribution >= 0.6 is 0 Å². The molecule has 0 amide bonds. The van der Waals surface area contributed by atoms with Gasteiger partial charge >= 0.3 is 11.9 Å². The summed E-state index contributed by atoms with van der Waals surface area (Å²) in [6.07, 6.45) is 2.67. The van der Waals surface area contributed by atoms with Crippen LogP contribution in [0.25, 0.3) is 0 Å². The second-order valence-corrected chi connectivity index (χ2v) is 8.85. The van der Waals surface area contributed by atoms with E-state index in [2.05, 4.69) is 16.6 Å². The molecule has 0 aliphatic rings. The van der Waals surface area contributed by atoms with Gasteiger partial charge in [-0.25, -0.2) is 4.72 Å². The summed E-state index contributed by atoms with van der Waals surface area (Å²) in [5, 5.41) is 21.3. The number of carboxylic acid groups (broad SMARTS) is 2. The van der Waals surface area contributed by atoms with E-state index >= 15 is 0 Å². The van der Waals surface area contributed by atoms with Crippen molar-refractivity contribution in [3.63, 3.8) is 0 Å². The lowest BCUT2D eigenvalue weighted by Crippen LogP contribution is -2.55. The Morgan fingerprint density at radius 2 is 1.94 bits per heavy atom. The molecule has 8 heteroatoms. The van der Waals surface area contributed by atoms with Gasteiger partial charge in [0.2, 0.25) is 0 Å². The zero-order valence-corrected chi connectivity index (χ0v) is 11.3. The molecule has 0 spiro atoms. The standard InChI is InChI=1S/C10H20N2O5S/c1-4-18(2,3,17)12-8(10(15)16)7-11-6-5-9(13)14/h4,8,11H,1,5-7H2,2-3H3,(H,12,17)(H,13,14)(H,15,16). The third kappa shape index (κ3) is 7.15. The fraction of sp³-hybridized carbons (Fsp3) is 0.600. The van der Waals surface area contributed by atoms with Gasteiger partial charge in [0.05, 0.1) is 6.42 Å². The van der Waals surface area contributed by atoms with Crippen LogP contribution in [-0.2, 0) is 18.8 Å². The molecule has 0 aromatic rings. The first kappa shape index (κ1) is 16.8. The number of carbonyl (C=O) groups is 2. The SMILES string of the molecule is C=CS(C)(C)(=O)NC(CNCCC(=O)O)C(=O)O. The monoisotopic (exact) mass is 280 g/mol. The molecule has 0 aromatic heterocycles. The first-order valence-electron chi connectivity index (χ1n) is 5.23. The van der Waals surface area contributed by atoms with Crippen LogP contribution in [-0.4, -0.2) is 58.0 Å². The number of rotatable bonds is 9. The van der Waals surface area contributed by atoms with Gasteiger partial charge in [0, 0.05) is 25.6 Å². The number of nitrogens with one attached hydrogen (secondary N) is 2. The average molecular weight is 280 g/mol. The van der Waals surface area contributed by atoms with Crippen molar-refractivity contribution in [3.05, 3.63) is 12.0 Å². The molecule has 0 radical (unpaired) electrons. The predicted octanol–water partition coefficient (Wildman–Crippen LogP) is -0.768. The Morgan fingerprint density at radius 1 is 1.39 bits per heavy atom. The van der Waals surface area contributed by atoms with Crippen LogP contribution in [0.3, 0.4) is 0 Å². The van der Waals surface area contributed by atoms with E-state index in [-0.39, 0.29) is 19.5 Å². The highest BCUT2D eigenvalue weighted by atomic mass is 32.3. The Kier molecular flexibility index (Phi) is 5.65. The minimum atomic E-state index is -3.38. The summed E-state index contributed by atoms with van der Waals surface area (Å²) in [5.74, 6) is -2.14. The Balaban J connectivity index is 4.43. The lowest BCUT2D eigenvalue weighted by atomic mass is 10.3. The Bertz CT molecular complexity index is 401. The Labute approximate surface area is 106 Å². The van der Waals surface area contributed by atoms with Gasteiger partial charge in [-0.1, -0.05) is 6.58 Å². The molecule has 0 aliphatic heterocycles. The fourth-order valence-electron chi connectivity index (χ4n) is 1.09. The van der Waals surface area contributed by atoms with E-state index in [1.54, 1.807) is 0 Å². The molecule has 0 heterocycles. The summed E-state index contributed by atoms with van der Waals surface area (Å²) in [6, 6.07) is -1.08. The van der Waals surface area contributed by atoms with E-state index < -0.39 is 27.2 Å². The number of hydrogen-bond acceptors (Lipinski definition) is 4. The molecule has 0 bridgehead atoms. The van der Waals surface area contributed by atoms with E-state index in [4.69, 9.17) is 10.2 Å². The van der Waals surface area contributed by atoms with Crippen LogP contribution in [0.15, 0.2) is 12.0 Å². The maximum atomic E-state index is 12.2. The van der Waals surface area contributed by atoms with Gasteiger partial charge in [0.25, 0.3) is 0 Å². The third-order valence-corrected chi connectivity index (χ3v) is 4.10. The van der Waals surface area contributed by atoms with Crippen molar-refractivity contribution in [3.8, 4) is 0 Å². The van der Waals surface area contributed by atoms with E-state index in [0.29, 0.717) is 0 Å². The van der Waals surface area contributed by atoms with Crippen LogP contribution in [0.4, 0.5) is 0 Å². The third-order valence-electron chi connectivity index (χ3n) is 2.14. The molecular formula is C10H20N2O5S. The van der Waals surface area contributed by atoms with E-state index in [9.17, 15) is 13.8 Å². The van der Waals surface area contributed by atoms with Gasteiger partial charge in [-0.3, -0.25) is 13.8 Å². The van der Waals surface area contributed by atoms with Gasteiger partial charge in [0.15, 0.2) is 0 Å². The minimum Gasteiger partial charge on any atom is -0.481 e. The van der Waals surface area contributed by atoms with Crippen LogP contribution in [0.5, 0.6) is 0 Å². The number of aliphatic carboxylic acids is 2. The van der Waals surface area contributed by atoms with Crippen molar-refractivity contribution in [1.29, 1.82) is 0 Å². The number of carboxylic acids is 2. The normalized spacial score (nSPS) is 15.3. The average Bonchev–Trinajstić information content (AvgIpc) is 2.21. The maximum absolute atomic E-state index is 12.2. The van der Waals surface area contributed by atoms with Crippen LogP contribution in [0.1, 0.15) is 6.42 Å². The Hall–Kier alpha value is -1.25. The molecule has 4 N–H and O–H groups in total. The van der Waals surface area contributed by atoms with Gasteiger partial charge in [0.1, 0.15) is 6.04 Å². The smallest absolute Gasteiger partial charge is 0.322 e. The first-order valence-corrected chi connectivity index (χ1v) is 8.08. The second-order valence-electron chi connectivity index (χ2n) is 4.44. The van der Waals surface area contributed by atoms with Crippen LogP contribution in [0, 0.1) is 0 Å². The zero-order chi connectivity index (χ0) is 14.4. The van der Waals surface area contributed by atoms with Crippen molar-refractivity contribution in [1.82, 2.24) is 10.0 Å². The molecule has 0 aliphatic carbocycles. The zero-order valence-electron chi connectivity index (χ0n) is 10.5. The van der Waals surface area contributed by atoms with Gasteiger partial charge in [-0.15, -0.1) is 0 Å². The molecule has 0 saturated heterocycles. The molecule has 0 fully saturated rings. The summed E-state index contributed by atoms with van der Waals surface area (Å²) in [4.78, 5) is 21.3. The van der Waals surface area contributed by atoms with Crippen molar-refractivity contribution < 1.29 is 24.0 Å². The van der Waals surface area contributed by atoms with Gasteiger partial charge in [-0.05, 0) is 14.7 Å². The highest BCUT2D eigenvalue weighted by Gasteiger charge is 2.28. The van der Waals surface area contributed by atoms with Crippen molar-refractivity contribution in [2.24, 2.45) is 0 Å². The lowest BCUT2D eigenvalue weighted by Gasteiger charge is -2.34. The molecular weight excluding hydrogens is 260 g/mol. The largest absolute Gasteiger partial charge is 0.481 e. The molecule has 106 valence electrons. The van der Waals surface area contributed by atoms with Crippen molar-refractivity contribution in [2.75, 3.05) is 25.6 Å². The van der Waals surface area contributed by atoms with E-state index in [0.717, 1.165) is 0 Å². The highest BCUT2D eigenvalue weighted by molar-refractivity contribution is 8.19. The topological polar surface area (TPSA) is 116 Å². The molecule has 7 nitrogen and oxygen atoms in total. The summed E-state index contributed by atoms with van der Waals surface area (Å²) < 4.78 is 14.7. The van der Waals surface area contributed by atoms with Gasteiger partial charge < -0.3 is 15.5 Å². The van der Waals surface area contributed by atoms with Crippen molar-refractivity contribution >= 4 is 21.2 Å². The second kappa shape index (κ2) is 6.07. The quantitative estimate of drug-likeness (QED) is 0.412. The van der Waals surface area contributed by atoms with E-state index in [1.807, 2.05) is 0 Å². The molecule has 18 heavy (non-hydrogen) atoms. The van der Waals surface area contributed by atoms with E-state index in [1.165, 1.54) is 17.9 Å². The summed E-state index contributed by atoms with van der Waals surface area (Å²) in [6.45, 7) is 3.54. The molecule has 0 saturated carbocycles. The maximum Gasteiger partial charge on any atom is 0.322 e. The minimum absolute atomic E-state index is 0.0212. The van der Waals surface area contributed by atoms with Crippen LogP contribution in [0.2, 0.25) is 0 Å². The fourth-order valence-corrected chi connectivity index (χ4v) is 2.22. The van der Waals surface area contributed by atoms with Gasteiger partial charge in [-0.2, -0.15) is 0 Å². The summed E-state index contributed by atoms with van der Waals surface area (Å²) in [7, 11) is -3.38. The van der Waals surface area contributed by atoms with Crippen LogP contribution < -0.4 is 10.0 Å². The highest BCUT2D eigenvalue weighted by Crippen LogP contribution is 2.14. The number of hydrogen-bond donors (Lipinski definition) is 4. The molecule has 0 rings (SSSR count). The summed E-state index contributed by atoms with van der Waals surface area (Å²) >= 11 is 0. The van der Waals surface area contributed by atoms with Crippen molar-refractivity contribution in [2.45, 2.75) is 12.5 Å². The molecule has 1 unspecified atom stereocenters. The Morgan fingerprint density at radius 3 is 2.33 bits per heavy atom. The first-order chi connectivity index (χ1) is 8.05. The lowest BCUT2D eigenvalue weighted by molar-refractivity contribution is -0.138.